The van der Waals surface area contributed by atoms with Gasteiger partial charge >= 0.3 is 0 Å². The maximum absolute atomic E-state index is 8.77. The lowest BCUT2D eigenvalue weighted by Crippen LogP contribution is -2.04. The van der Waals surface area contributed by atoms with Crippen LogP contribution < -0.4 is 0 Å². The lowest BCUT2D eigenvalue weighted by molar-refractivity contribution is 0.103. The average Bonchev–Trinajstić information content (AvgIpc) is 1.87. The summed E-state index contributed by atoms with van der Waals surface area (Å²) in [4.78, 5) is 0. The minimum Gasteiger partial charge on any atom is -0.394 e. The molecule has 0 fully saturated rings. The molecule has 3 nitrogen and oxygen atoms in total. The van der Waals surface area contributed by atoms with E-state index in [9.17, 15) is 0 Å². The zero-order valence-corrected chi connectivity index (χ0v) is 6.93. The molecule has 2 N–H and O–H groups in total. The Balaban J connectivity index is 2.77. The van der Waals surface area contributed by atoms with Crippen molar-refractivity contribution in [2.75, 3.05) is 25.6 Å². The Morgan fingerprint density at radius 2 is 2.20 bits per heavy atom. The Labute approximate surface area is 65.4 Å². The number of aliphatic hydroxyl groups is 2. The van der Waals surface area contributed by atoms with Crippen molar-refractivity contribution in [2.24, 2.45) is 0 Å². The lowest BCUT2D eigenvalue weighted by atomic mass is 10.7. The highest BCUT2D eigenvalue weighted by Gasteiger charge is 1.94. The van der Waals surface area contributed by atoms with Crippen molar-refractivity contribution in [3.05, 3.63) is 0 Å². The second-order valence-electron chi connectivity index (χ2n) is 1.81. The molecule has 0 aromatic heterocycles. The van der Waals surface area contributed by atoms with Gasteiger partial charge in [-0.2, -0.15) is 0 Å². The standard InChI is InChI=1S/C6H14O3S/c1-6(8)10-5-4-9-3-2-7/h6-8H,2-5H2,1H3. The number of aliphatic hydroxyl groups excluding tert-OH is 2. The van der Waals surface area contributed by atoms with E-state index in [1.54, 1.807) is 6.92 Å². The fourth-order valence-electron chi connectivity index (χ4n) is 0.444. The zero-order chi connectivity index (χ0) is 7.82. The van der Waals surface area contributed by atoms with E-state index in [4.69, 9.17) is 14.9 Å². The maximum Gasteiger partial charge on any atom is 0.0965 e. The first kappa shape index (κ1) is 10.2. The Kier molecular flexibility index (Phi) is 7.51. The molecule has 1 atom stereocenters. The highest BCUT2D eigenvalue weighted by molar-refractivity contribution is 7.99. The van der Waals surface area contributed by atoms with Crippen LogP contribution in [-0.4, -0.2) is 41.2 Å². The minimum absolute atomic E-state index is 0.0688. The third kappa shape index (κ3) is 8.23. The summed E-state index contributed by atoms with van der Waals surface area (Å²) in [7, 11) is 0. The molecular weight excluding hydrogens is 152 g/mol. The minimum atomic E-state index is -0.322. The van der Waals surface area contributed by atoms with E-state index >= 15 is 0 Å². The Morgan fingerprint density at radius 3 is 2.70 bits per heavy atom. The molecule has 0 heterocycles. The van der Waals surface area contributed by atoms with Crippen LogP contribution in [0.2, 0.25) is 0 Å². The van der Waals surface area contributed by atoms with Crippen molar-refractivity contribution >= 4 is 11.8 Å². The quantitative estimate of drug-likeness (QED) is 0.433. The molecular formula is C6H14O3S. The fourth-order valence-corrected chi connectivity index (χ4v) is 0.999. The van der Waals surface area contributed by atoms with Crippen LogP contribution in [-0.2, 0) is 4.74 Å². The molecule has 0 saturated carbocycles. The highest BCUT2D eigenvalue weighted by atomic mass is 32.2. The molecule has 0 radical (unpaired) electrons. The van der Waals surface area contributed by atoms with Crippen LogP contribution in [0.3, 0.4) is 0 Å². The second kappa shape index (κ2) is 7.34. The normalized spacial score (nSPS) is 13.5. The van der Waals surface area contributed by atoms with Crippen LogP contribution in [0.25, 0.3) is 0 Å². The first-order valence-corrected chi connectivity index (χ1v) is 4.30. The van der Waals surface area contributed by atoms with Crippen molar-refractivity contribution in [3.63, 3.8) is 0 Å². The highest BCUT2D eigenvalue weighted by Crippen LogP contribution is 2.05. The lowest BCUT2D eigenvalue weighted by Gasteiger charge is -2.03. The van der Waals surface area contributed by atoms with Gasteiger partial charge in [0.25, 0.3) is 0 Å². The van der Waals surface area contributed by atoms with Gasteiger partial charge < -0.3 is 14.9 Å². The number of rotatable bonds is 6. The van der Waals surface area contributed by atoms with Crippen LogP contribution in [0.15, 0.2) is 0 Å². The van der Waals surface area contributed by atoms with Crippen molar-refractivity contribution in [2.45, 2.75) is 12.4 Å². The molecule has 0 aliphatic heterocycles. The van der Waals surface area contributed by atoms with Crippen LogP contribution in [0, 0.1) is 0 Å². The van der Waals surface area contributed by atoms with Gasteiger partial charge in [-0.15, -0.1) is 11.8 Å². The summed E-state index contributed by atoms with van der Waals surface area (Å²) in [6, 6.07) is 0. The summed E-state index contributed by atoms with van der Waals surface area (Å²) >= 11 is 1.43. The monoisotopic (exact) mass is 166 g/mol. The maximum atomic E-state index is 8.77. The summed E-state index contributed by atoms with van der Waals surface area (Å²) in [5.74, 6) is 0.775. The van der Waals surface area contributed by atoms with Crippen molar-refractivity contribution in [3.8, 4) is 0 Å². The van der Waals surface area contributed by atoms with E-state index < -0.39 is 0 Å². The summed E-state index contributed by atoms with van der Waals surface area (Å²) < 4.78 is 4.95. The molecule has 0 spiro atoms. The molecule has 0 amide bonds. The predicted octanol–water partition coefficient (Wildman–Crippen LogP) is 0.0668. The van der Waals surface area contributed by atoms with Gasteiger partial charge in [0.05, 0.1) is 25.3 Å². The number of hydrogen-bond acceptors (Lipinski definition) is 4. The van der Waals surface area contributed by atoms with E-state index in [1.165, 1.54) is 11.8 Å². The Hall–Kier alpha value is 0.230. The first-order valence-electron chi connectivity index (χ1n) is 3.25. The molecule has 10 heavy (non-hydrogen) atoms. The van der Waals surface area contributed by atoms with Crippen molar-refractivity contribution in [1.29, 1.82) is 0 Å². The predicted molar refractivity (Wildman–Crippen MR) is 42.0 cm³/mol. The molecule has 62 valence electrons. The first-order chi connectivity index (χ1) is 4.77. The number of ether oxygens (including phenoxy) is 1. The molecule has 1 unspecified atom stereocenters. The van der Waals surface area contributed by atoms with E-state index in [1.807, 2.05) is 0 Å². The van der Waals surface area contributed by atoms with E-state index in [2.05, 4.69) is 0 Å². The molecule has 0 saturated heterocycles. The van der Waals surface area contributed by atoms with Crippen LogP contribution in [0.4, 0.5) is 0 Å². The summed E-state index contributed by atoms with van der Waals surface area (Å²) in [6.45, 7) is 2.77. The second-order valence-corrected chi connectivity index (χ2v) is 3.23. The van der Waals surface area contributed by atoms with Gasteiger partial charge in [-0.25, -0.2) is 0 Å². The summed E-state index contributed by atoms with van der Waals surface area (Å²) in [5.41, 5.74) is -0.322. The fraction of sp³-hybridized carbons (Fsp3) is 1.00. The van der Waals surface area contributed by atoms with Crippen LogP contribution in [0.5, 0.6) is 0 Å². The molecule has 0 aromatic rings. The van der Waals surface area contributed by atoms with E-state index in [0.29, 0.717) is 13.2 Å². The van der Waals surface area contributed by atoms with Gasteiger partial charge in [0.15, 0.2) is 0 Å². The SMILES string of the molecule is CC(O)SCCOCCO. The van der Waals surface area contributed by atoms with Crippen LogP contribution >= 0.6 is 11.8 Å². The number of hydrogen-bond donors (Lipinski definition) is 2. The van der Waals surface area contributed by atoms with Crippen molar-refractivity contribution < 1.29 is 14.9 Å². The van der Waals surface area contributed by atoms with Crippen molar-refractivity contribution in [1.82, 2.24) is 0 Å². The molecule has 0 aliphatic carbocycles. The Bertz CT molecular complexity index is 68.0. The van der Waals surface area contributed by atoms with Gasteiger partial charge in [-0.05, 0) is 6.92 Å². The summed E-state index contributed by atoms with van der Waals surface area (Å²) in [6.07, 6.45) is 0. The smallest absolute Gasteiger partial charge is 0.0965 e. The molecule has 0 rings (SSSR count). The van der Waals surface area contributed by atoms with E-state index in [-0.39, 0.29) is 12.0 Å². The average molecular weight is 166 g/mol. The van der Waals surface area contributed by atoms with Gasteiger partial charge in [0.2, 0.25) is 0 Å². The topological polar surface area (TPSA) is 49.7 Å². The van der Waals surface area contributed by atoms with Gasteiger partial charge in [0, 0.05) is 5.75 Å². The van der Waals surface area contributed by atoms with Gasteiger partial charge in [0.1, 0.15) is 0 Å². The summed E-state index contributed by atoms with van der Waals surface area (Å²) in [5, 5.41) is 17.1. The Morgan fingerprint density at radius 1 is 1.50 bits per heavy atom. The number of thioether (sulfide) groups is 1. The molecule has 0 aliphatic rings. The molecule has 0 bridgehead atoms. The molecule has 0 aromatic carbocycles. The van der Waals surface area contributed by atoms with E-state index in [0.717, 1.165) is 5.75 Å². The third-order valence-electron chi connectivity index (χ3n) is 0.822. The largest absolute Gasteiger partial charge is 0.394 e. The molecule has 4 heteroatoms. The zero-order valence-electron chi connectivity index (χ0n) is 6.12. The van der Waals surface area contributed by atoms with Crippen LogP contribution in [0.1, 0.15) is 6.92 Å². The van der Waals surface area contributed by atoms with Gasteiger partial charge in [-0.1, -0.05) is 0 Å². The third-order valence-corrected chi connectivity index (χ3v) is 1.71. The van der Waals surface area contributed by atoms with Gasteiger partial charge in [-0.3, -0.25) is 0 Å².